The summed E-state index contributed by atoms with van der Waals surface area (Å²) < 4.78 is 4.87. The van der Waals surface area contributed by atoms with Gasteiger partial charge in [0.25, 0.3) is 0 Å². The molecule has 2 rings (SSSR count). The summed E-state index contributed by atoms with van der Waals surface area (Å²) in [6.07, 6.45) is 3.71. The Labute approximate surface area is 128 Å². The van der Waals surface area contributed by atoms with E-state index in [0.717, 1.165) is 17.0 Å². The first-order valence-corrected chi connectivity index (χ1v) is 7.04. The number of rotatable bonds is 6. The van der Waals surface area contributed by atoms with Gasteiger partial charge in [-0.3, -0.25) is 0 Å². The molecule has 0 amide bonds. The fourth-order valence-electron chi connectivity index (χ4n) is 1.75. The number of nitrogens with zero attached hydrogens (tertiary/aromatic N) is 2. The molecule has 1 aromatic carbocycles. The summed E-state index contributed by atoms with van der Waals surface area (Å²) in [6.45, 7) is 2.77. The Morgan fingerprint density at radius 2 is 2.10 bits per heavy atom. The minimum absolute atomic E-state index is 0.332. The van der Waals surface area contributed by atoms with Crippen LogP contribution in [0, 0.1) is 0 Å². The van der Waals surface area contributed by atoms with Crippen LogP contribution in [0.3, 0.4) is 0 Å². The van der Waals surface area contributed by atoms with Crippen molar-refractivity contribution in [2.45, 2.75) is 13.3 Å². The van der Waals surface area contributed by atoms with Gasteiger partial charge in [0.2, 0.25) is 5.95 Å². The van der Waals surface area contributed by atoms with Gasteiger partial charge in [0.1, 0.15) is 0 Å². The van der Waals surface area contributed by atoms with Gasteiger partial charge < -0.3 is 10.1 Å². The van der Waals surface area contributed by atoms with Crippen LogP contribution in [0.4, 0.5) is 5.95 Å². The normalized spacial score (nSPS) is 10.2. The molecule has 1 heterocycles. The smallest absolute Gasteiger partial charge is 0.341 e. The van der Waals surface area contributed by atoms with Crippen molar-refractivity contribution in [3.05, 3.63) is 52.8 Å². The van der Waals surface area contributed by atoms with Gasteiger partial charge in [-0.25, -0.2) is 14.8 Å². The summed E-state index contributed by atoms with van der Waals surface area (Å²) in [7, 11) is 0. The molecule has 0 aliphatic rings. The van der Waals surface area contributed by atoms with E-state index >= 15 is 0 Å². The molecular weight excluding hydrogens is 290 g/mol. The molecule has 0 aliphatic heterocycles. The van der Waals surface area contributed by atoms with Crippen molar-refractivity contribution in [2.75, 3.05) is 18.5 Å². The highest BCUT2D eigenvalue weighted by Crippen LogP contribution is 2.11. The molecule has 6 heteroatoms. The van der Waals surface area contributed by atoms with E-state index in [4.69, 9.17) is 16.3 Å². The number of aromatic nitrogens is 2. The van der Waals surface area contributed by atoms with E-state index in [9.17, 15) is 4.79 Å². The molecule has 2 aromatic rings. The number of halogens is 1. The van der Waals surface area contributed by atoms with Gasteiger partial charge in [0, 0.05) is 24.0 Å². The second-order valence-corrected chi connectivity index (χ2v) is 4.76. The Morgan fingerprint density at radius 1 is 1.33 bits per heavy atom. The number of anilines is 1. The van der Waals surface area contributed by atoms with Crippen LogP contribution in [0.25, 0.3) is 0 Å². The molecule has 0 spiro atoms. The first-order valence-electron chi connectivity index (χ1n) is 6.66. The molecule has 0 radical (unpaired) electrons. The number of benzene rings is 1. The number of nitrogens with one attached hydrogen (secondary N) is 1. The fraction of sp³-hybridized carbons (Fsp3) is 0.267. The lowest BCUT2D eigenvalue weighted by Crippen LogP contribution is -2.10. The molecular formula is C15H16ClN3O2. The predicted octanol–water partition coefficient (Wildman–Crippen LogP) is 2.96. The second-order valence-electron chi connectivity index (χ2n) is 4.32. The van der Waals surface area contributed by atoms with Crippen molar-refractivity contribution in [3.63, 3.8) is 0 Å². The van der Waals surface area contributed by atoms with Crippen molar-refractivity contribution >= 4 is 23.5 Å². The standard InChI is InChI=1S/C15H16ClN3O2/c1-2-21-14(20)12-9-18-15(19-10-12)17-7-6-11-4-3-5-13(16)8-11/h3-5,8-10H,2,6-7H2,1H3,(H,17,18,19). The zero-order valence-corrected chi connectivity index (χ0v) is 12.4. The summed E-state index contributed by atoms with van der Waals surface area (Å²) in [5.41, 5.74) is 1.48. The third-order valence-electron chi connectivity index (χ3n) is 2.75. The highest BCUT2D eigenvalue weighted by atomic mass is 35.5. The van der Waals surface area contributed by atoms with E-state index in [2.05, 4.69) is 15.3 Å². The number of ether oxygens (including phenoxy) is 1. The lowest BCUT2D eigenvalue weighted by atomic mass is 10.1. The molecule has 0 aliphatic carbocycles. The van der Waals surface area contributed by atoms with E-state index < -0.39 is 5.97 Å². The topological polar surface area (TPSA) is 64.1 Å². The van der Waals surface area contributed by atoms with E-state index in [0.29, 0.717) is 24.7 Å². The zero-order valence-electron chi connectivity index (χ0n) is 11.7. The van der Waals surface area contributed by atoms with Crippen molar-refractivity contribution in [1.29, 1.82) is 0 Å². The maximum Gasteiger partial charge on any atom is 0.341 e. The molecule has 0 saturated carbocycles. The Bertz CT molecular complexity index is 602. The molecule has 0 fully saturated rings. The minimum atomic E-state index is -0.414. The van der Waals surface area contributed by atoms with Gasteiger partial charge in [-0.05, 0) is 31.0 Å². The maximum absolute atomic E-state index is 11.5. The largest absolute Gasteiger partial charge is 0.462 e. The number of carbonyl (C=O) groups is 1. The van der Waals surface area contributed by atoms with E-state index in [1.807, 2.05) is 24.3 Å². The molecule has 0 atom stereocenters. The van der Waals surface area contributed by atoms with E-state index in [-0.39, 0.29) is 0 Å². The average molecular weight is 306 g/mol. The van der Waals surface area contributed by atoms with E-state index in [1.54, 1.807) is 6.92 Å². The third-order valence-corrected chi connectivity index (χ3v) is 2.98. The van der Waals surface area contributed by atoms with Crippen molar-refractivity contribution in [3.8, 4) is 0 Å². The van der Waals surface area contributed by atoms with Gasteiger partial charge in [-0.15, -0.1) is 0 Å². The Morgan fingerprint density at radius 3 is 2.76 bits per heavy atom. The number of hydrogen-bond donors (Lipinski definition) is 1. The van der Waals surface area contributed by atoms with Crippen LogP contribution in [0.2, 0.25) is 5.02 Å². The second kappa shape index (κ2) is 7.59. The lowest BCUT2D eigenvalue weighted by Gasteiger charge is -2.06. The number of carbonyl (C=O) groups excluding carboxylic acids is 1. The van der Waals surface area contributed by atoms with Crippen molar-refractivity contribution in [1.82, 2.24) is 9.97 Å². The molecule has 0 bridgehead atoms. The fourth-order valence-corrected chi connectivity index (χ4v) is 1.96. The van der Waals surface area contributed by atoms with E-state index in [1.165, 1.54) is 12.4 Å². The minimum Gasteiger partial charge on any atom is -0.462 e. The van der Waals surface area contributed by atoms with Gasteiger partial charge >= 0.3 is 5.97 Å². The van der Waals surface area contributed by atoms with Crippen molar-refractivity contribution in [2.24, 2.45) is 0 Å². The van der Waals surface area contributed by atoms with Crippen LogP contribution in [0.5, 0.6) is 0 Å². The first-order chi connectivity index (χ1) is 10.2. The summed E-state index contributed by atoms with van der Waals surface area (Å²) >= 11 is 5.92. The molecule has 21 heavy (non-hydrogen) atoms. The third kappa shape index (κ3) is 4.72. The summed E-state index contributed by atoms with van der Waals surface area (Å²) in [5.74, 6) is 0.0630. The number of esters is 1. The van der Waals surface area contributed by atoms with Gasteiger partial charge in [0.05, 0.1) is 12.2 Å². The quantitative estimate of drug-likeness (QED) is 0.831. The highest BCUT2D eigenvalue weighted by Gasteiger charge is 2.07. The van der Waals surface area contributed by atoms with Crippen LogP contribution < -0.4 is 5.32 Å². The summed E-state index contributed by atoms with van der Waals surface area (Å²) in [6, 6.07) is 7.70. The van der Waals surface area contributed by atoms with Crippen LogP contribution >= 0.6 is 11.6 Å². The lowest BCUT2D eigenvalue weighted by molar-refractivity contribution is 0.0525. The van der Waals surface area contributed by atoms with Crippen LogP contribution in [-0.4, -0.2) is 29.1 Å². The molecule has 0 unspecified atom stereocenters. The predicted molar refractivity (Wildman–Crippen MR) is 81.6 cm³/mol. The first kappa shape index (κ1) is 15.3. The van der Waals surface area contributed by atoms with Crippen LogP contribution in [-0.2, 0) is 11.2 Å². The Hall–Kier alpha value is -2.14. The Kier molecular flexibility index (Phi) is 5.51. The van der Waals surface area contributed by atoms with Gasteiger partial charge in [-0.1, -0.05) is 23.7 Å². The van der Waals surface area contributed by atoms with Gasteiger partial charge in [-0.2, -0.15) is 0 Å². The van der Waals surface area contributed by atoms with Crippen LogP contribution in [0.1, 0.15) is 22.8 Å². The highest BCUT2D eigenvalue weighted by molar-refractivity contribution is 6.30. The SMILES string of the molecule is CCOC(=O)c1cnc(NCCc2cccc(Cl)c2)nc1. The van der Waals surface area contributed by atoms with Crippen molar-refractivity contribution < 1.29 is 9.53 Å². The van der Waals surface area contributed by atoms with Crippen LogP contribution in [0.15, 0.2) is 36.7 Å². The summed E-state index contributed by atoms with van der Waals surface area (Å²) in [4.78, 5) is 19.6. The molecule has 1 N–H and O–H groups in total. The molecule has 1 aromatic heterocycles. The molecule has 110 valence electrons. The monoisotopic (exact) mass is 305 g/mol. The maximum atomic E-state index is 11.5. The average Bonchev–Trinajstić information content (AvgIpc) is 2.48. The Balaban J connectivity index is 1.85. The molecule has 0 saturated heterocycles. The molecule has 5 nitrogen and oxygen atoms in total. The number of hydrogen-bond acceptors (Lipinski definition) is 5. The zero-order chi connectivity index (χ0) is 15.1. The summed E-state index contributed by atoms with van der Waals surface area (Å²) in [5, 5.41) is 3.82. The van der Waals surface area contributed by atoms with Gasteiger partial charge in [0.15, 0.2) is 0 Å².